The van der Waals surface area contributed by atoms with Crippen LogP contribution in [0.4, 0.5) is 0 Å². The van der Waals surface area contributed by atoms with Crippen molar-refractivity contribution in [2.24, 2.45) is 5.41 Å². The predicted molar refractivity (Wildman–Crippen MR) is 113 cm³/mol. The highest BCUT2D eigenvalue weighted by molar-refractivity contribution is 6.10. The van der Waals surface area contributed by atoms with Crippen molar-refractivity contribution < 1.29 is 19.2 Å². The highest BCUT2D eigenvalue weighted by atomic mass is 16.2. The molecule has 2 amide bonds. The van der Waals surface area contributed by atoms with Gasteiger partial charge in [0.05, 0.1) is 6.54 Å². The quantitative estimate of drug-likeness (QED) is 0.613. The molecule has 1 aliphatic heterocycles. The van der Waals surface area contributed by atoms with Gasteiger partial charge in [-0.3, -0.25) is 19.2 Å². The highest BCUT2D eigenvalue weighted by Gasteiger charge is 2.49. The van der Waals surface area contributed by atoms with E-state index in [-0.39, 0.29) is 55.7 Å². The van der Waals surface area contributed by atoms with Crippen molar-refractivity contribution in [2.75, 3.05) is 20.1 Å². The summed E-state index contributed by atoms with van der Waals surface area (Å²) in [6, 6.07) is 3.85. The average Bonchev–Trinajstić information content (AvgIpc) is 2.66. The number of nitrogens with one attached hydrogen (secondary N) is 1. The smallest absolute Gasteiger partial charge is 0.239 e. The Labute approximate surface area is 177 Å². The maximum absolute atomic E-state index is 13.2. The molecule has 1 heterocycles. The molecule has 6 heteroatoms. The number of piperidine rings is 1. The molecule has 0 unspecified atom stereocenters. The van der Waals surface area contributed by atoms with Crippen LogP contribution in [0.3, 0.4) is 0 Å². The van der Waals surface area contributed by atoms with E-state index in [2.05, 4.69) is 17.2 Å². The van der Waals surface area contributed by atoms with E-state index in [4.69, 9.17) is 0 Å². The van der Waals surface area contributed by atoms with Crippen LogP contribution in [0.1, 0.15) is 60.8 Å². The molecule has 0 aromatic heterocycles. The van der Waals surface area contributed by atoms with Crippen LogP contribution in [0.25, 0.3) is 0 Å². The molecular weight excluding hydrogens is 380 g/mol. The van der Waals surface area contributed by atoms with Gasteiger partial charge in [0.2, 0.25) is 11.8 Å². The van der Waals surface area contributed by atoms with Crippen LogP contribution in [0.15, 0.2) is 12.1 Å². The third-order valence-corrected chi connectivity index (χ3v) is 6.26. The van der Waals surface area contributed by atoms with Gasteiger partial charge < -0.3 is 10.2 Å². The third kappa shape index (κ3) is 4.16. The number of hydrogen-bond acceptors (Lipinski definition) is 4. The van der Waals surface area contributed by atoms with E-state index in [1.54, 1.807) is 6.92 Å². The first-order valence-electron chi connectivity index (χ1n) is 10.3. The van der Waals surface area contributed by atoms with E-state index in [9.17, 15) is 19.2 Å². The molecular formula is C24H28N2O4. The zero-order valence-electron chi connectivity index (χ0n) is 18.1. The number of carbonyl (C=O) groups excluding carboxylic acids is 4. The summed E-state index contributed by atoms with van der Waals surface area (Å²) in [7, 11) is 1.52. The van der Waals surface area contributed by atoms with Gasteiger partial charge >= 0.3 is 0 Å². The fourth-order valence-electron chi connectivity index (χ4n) is 4.94. The lowest BCUT2D eigenvalue weighted by Gasteiger charge is -2.45. The monoisotopic (exact) mass is 408 g/mol. The number of benzene rings is 1. The summed E-state index contributed by atoms with van der Waals surface area (Å²) in [6.07, 6.45) is 1.25. The standard InChI is InChI=1S/C24H28N2O4/c1-5-6-17-9-15(2)22(16(3)10-17)23-18(27)11-24(12-19(23)28)8-7-21(30)26(14-24)13-20(29)25-4/h9-10,23H,7-8,11-14H2,1-4H3,(H,25,29). The molecule has 0 atom stereocenters. The average molecular weight is 408 g/mol. The van der Waals surface area contributed by atoms with E-state index < -0.39 is 11.3 Å². The number of rotatable bonds is 3. The van der Waals surface area contributed by atoms with Gasteiger partial charge in [-0.2, -0.15) is 0 Å². The lowest BCUT2D eigenvalue weighted by Crippen LogP contribution is -2.53. The first kappa shape index (κ1) is 21.8. The van der Waals surface area contributed by atoms with Crippen LogP contribution in [-0.4, -0.2) is 48.4 Å². The highest BCUT2D eigenvalue weighted by Crippen LogP contribution is 2.45. The van der Waals surface area contributed by atoms with E-state index in [1.807, 2.05) is 26.0 Å². The number of likely N-dealkylation sites (tertiary alicyclic amines) is 1. The minimum Gasteiger partial charge on any atom is -0.358 e. The second-order valence-electron chi connectivity index (χ2n) is 8.54. The van der Waals surface area contributed by atoms with Gasteiger partial charge in [-0.1, -0.05) is 5.92 Å². The fraction of sp³-hybridized carbons (Fsp3) is 0.500. The lowest BCUT2D eigenvalue weighted by atomic mass is 9.63. The van der Waals surface area contributed by atoms with Crippen molar-refractivity contribution in [3.63, 3.8) is 0 Å². The first-order chi connectivity index (χ1) is 14.2. The Morgan fingerprint density at radius 2 is 1.77 bits per heavy atom. The number of hydrogen-bond donors (Lipinski definition) is 1. The van der Waals surface area contributed by atoms with Crippen LogP contribution < -0.4 is 5.32 Å². The van der Waals surface area contributed by atoms with Crippen LogP contribution in [-0.2, 0) is 19.2 Å². The number of likely N-dealkylation sites (N-methyl/N-ethyl adjacent to an activating group) is 1. The van der Waals surface area contributed by atoms with E-state index in [1.165, 1.54) is 11.9 Å². The zero-order valence-corrected chi connectivity index (χ0v) is 18.1. The number of carbonyl (C=O) groups is 4. The van der Waals surface area contributed by atoms with Gasteiger partial charge in [-0.05, 0) is 56.0 Å². The van der Waals surface area contributed by atoms with Gasteiger partial charge in [0, 0.05) is 43.8 Å². The Morgan fingerprint density at radius 1 is 1.17 bits per heavy atom. The van der Waals surface area contributed by atoms with Crippen LogP contribution >= 0.6 is 0 Å². The minimum atomic E-state index is -0.760. The zero-order chi connectivity index (χ0) is 22.1. The molecule has 1 spiro atoms. The molecule has 1 saturated carbocycles. The summed E-state index contributed by atoms with van der Waals surface area (Å²) >= 11 is 0. The Kier molecular flexibility index (Phi) is 6.12. The number of amides is 2. The van der Waals surface area contributed by atoms with Crippen LogP contribution in [0.5, 0.6) is 0 Å². The number of ketones is 2. The van der Waals surface area contributed by atoms with Gasteiger partial charge in [0.1, 0.15) is 17.5 Å². The molecule has 30 heavy (non-hydrogen) atoms. The van der Waals surface area contributed by atoms with E-state index in [0.29, 0.717) is 6.42 Å². The normalized spacial score (nSPS) is 23.9. The second-order valence-corrected chi connectivity index (χ2v) is 8.54. The largest absolute Gasteiger partial charge is 0.358 e. The van der Waals surface area contributed by atoms with Gasteiger partial charge in [-0.25, -0.2) is 0 Å². The molecule has 1 N–H and O–H groups in total. The summed E-state index contributed by atoms with van der Waals surface area (Å²) in [5.41, 5.74) is 2.89. The molecule has 6 nitrogen and oxygen atoms in total. The van der Waals surface area contributed by atoms with Gasteiger partial charge in [0.15, 0.2) is 0 Å². The first-order valence-corrected chi connectivity index (χ1v) is 10.3. The van der Waals surface area contributed by atoms with Crippen LogP contribution in [0.2, 0.25) is 0 Å². The molecule has 1 aromatic carbocycles. The molecule has 0 radical (unpaired) electrons. The Bertz CT molecular complexity index is 942. The van der Waals surface area contributed by atoms with Crippen molar-refractivity contribution in [2.45, 2.75) is 52.4 Å². The molecule has 1 aliphatic carbocycles. The van der Waals surface area contributed by atoms with Crippen molar-refractivity contribution in [3.05, 3.63) is 34.4 Å². The fourth-order valence-corrected chi connectivity index (χ4v) is 4.94. The number of nitrogens with zero attached hydrogens (tertiary/aromatic N) is 1. The predicted octanol–water partition coefficient (Wildman–Crippen LogP) is 2.05. The number of aryl methyl sites for hydroxylation is 2. The van der Waals surface area contributed by atoms with Crippen molar-refractivity contribution in [1.29, 1.82) is 0 Å². The summed E-state index contributed by atoms with van der Waals surface area (Å²) in [5.74, 6) is 4.59. The summed E-state index contributed by atoms with van der Waals surface area (Å²) in [6.45, 7) is 5.83. The van der Waals surface area contributed by atoms with E-state index in [0.717, 1.165) is 22.3 Å². The van der Waals surface area contributed by atoms with Gasteiger partial charge in [-0.15, -0.1) is 5.92 Å². The van der Waals surface area contributed by atoms with Crippen LogP contribution in [0, 0.1) is 31.1 Å². The van der Waals surface area contributed by atoms with Crippen molar-refractivity contribution >= 4 is 23.4 Å². The number of Topliss-reactive ketones (excluding diaryl/α,β-unsaturated/α-hetero) is 2. The maximum Gasteiger partial charge on any atom is 0.239 e. The maximum atomic E-state index is 13.2. The topological polar surface area (TPSA) is 83.6 Å². The molecule has 3 rings (SSSR count). The molecule has 1 saturated heterocycles. The molecule has 2 aliphatic rings. The third-order valence-electron chi connectivity index (χ3n) is 6.26. The summed E-state index contributed by atoms with van der Waals surface area (Å²) < 4.78 is 0. The minimum absolute atomic E-state index is 0.0406. The Hall–Kier alpha value is -2.94. The molecule has 0 bridgehead atoms. The Morgan fingerprint density at radius 3 is 2.30 bits per heavy atom. The Balaban J connectivity index is 1.86. The van der Waals surface area contributed by atoms with Crippen molar-refractivity contribution in [1.82, 2.24) is 10.2 Å². The molecule has 1 aromatic rings. The van der Waals surface area contributed by atoms with Crippen molar-refractivity contribution in [3.8, 4) is 11.8 Å². The SMILES string of the molecule is CC#Cc1cc(C)c(C2C(=O)CC3(CCC(=O)N(CC(=O)NC)C3)CC2=O)c(C)c1. The molecule has 158 valence electrons. The second kappa shape index (κ2) is 8.43. The molecule has 2 fully saturated rings. The summed E-state index contributed by atoms with van der Waals surface area (Å²) in [4.78, 5) is 52.0. The van der Waals surface area contributed by atoms with E-state index >= 15 is 0 Å². The summed E-state index contributed by atoms with van der Waals surface area (Å²) in [5, 5.41) is 2.52. The van der Waals surface area contributed by atoms with Gasteiger partial charge in [0.25, 0.3) is 0 Å². The lowest BCUT2D eigenvalue weighted by molar-refractivity contribution is -0.148.